The first-order valence-electron chi connectivity index (χ1n) is 2.41. The molecule has 0 nitrogen and oxygen atoms in total. The van der Waals surface area contributed by atoms with Crippen LogP contribution in [0.3, 0.4) is 0 Å². The van der Waals surface area contributed by atoms with Crippen molar-refractivity contribution in [1.29, 1.82) is 0 Å². The summed E-state index contributed by atoms with van der Waals surface area (Å²) in [6.45, 7) is 0. The molecule has 1 saturated heterocycles. The van der Waals surface area contributed by atoms with Gasteiger partial charge in [-0.1, -0.05) is 0 Å². The fraction of sp³-hybridized carbons (Fsp3) is 1.00. The SMILES string of the molecule is SC(S)C1C[Se][Se]C1. The van der Waals surface area contributed by atoms with Crippen molar-refractivity contribution in [2.24, 2.45) is 5.92 Å². The van der Waals surface area contributed by atoms with Crippen LogP contribution in [0, 0.1) is 5.92 Å². The standard InChI is InChI=1S/C4H8S2Se2/c5-4(6)3-1-7-8-2-3/h3-6H,1-2H2. The summed E-state index contributed by atoms with van der Waals surface area (Å²) < 4.78 is 0.362. The van der Waals surface area contributed by atoms with E-state index in [0.29, 0.717) is 4.58 Å². The van der Waals surface area contributed by atoms with Crippen molar-refractivity contribution < 1.29 is 0 Å². The van der Waals surface area contributed by atoms with Gasteiger partial charge in [-0.3, -0.25) is 0 Å². The number of hydrogen-bond donors (Lipinski definition) is 2. The Balaban J connectivity index is 2.24. The van der Waals surface area contributed by atoms with Crippen LogP contribution in [0.1, 0.15) is 0 Å². The molecule has 0 aliphatic carbocycles. The third-order valence-corrected chi connectivity index (χ3v) is 9.41. The first-order chi connectivity index (χ1) is 3.80. The average molecular weight is 278 g/mol. The molecule has 0 atom stereocenters. The Bertz CT molecular complexity index is 70.4. The van der Waals surface area contributed by atoms with Crippen LogP contribution in [0.4, 0.5) is 0 Å². The molecule has 0 aromatic rings. The quantitative estimate of drug-likeness (QED) is 0.398. The first-order valence-corrected chi connectivity index (χ1v) is 10.2. The number of rotatable bonds is 1. The normalized spacial score (nSPS) is 22.9. The van der Waals surface area contributed by atoms with Crippen LogP contribution in [0.2, 0.25) is 10.6 Å². The summed E-state index contributed by atoms with van der Waals surface area (Å²) in [5.41, 5.74) is 0. The van der Waals surface area contributed by atoms with Crippen molar-refractivity contribution in [1.82, 2.24) is 0 Å². The second kappa shape index (κ2) is 3.80. The molecule has 0 N–H and O–H groups in total. The van der Waals surface area contributed by atoms with Crippen LogP contribution < -0.4 is 0 Å². The Kier molecular flexibility index (Phi) is 3.72. The van der Waals surface area contributed by atoms with E-state index in [1.807, 2.05) is 0 Å². The molecule has 0 amide bonds. The van der Waals surface area contributed by atoms with Crippen molar-refractivity contribution >= 4 is 51.5 Å². The summed E-state index contributed by atoms with van der Waals surface area (Å²) in [6, 6.07) is 0. The zero-order valence-corrected chi connectivity index (χ0v) is 9.49. The Morgan fingerprint density at radius 2 is 1.75 bits per heavy atom. The van der Waals surface area contributed by atoms with Crippen molar-refractivity contribution in [3.63, 3.8) is 0 Å². The monoisotopic (exact) mass is 280 g/mol. The van der Waals surface area contributed by atoms with Gasteiger partial charge in [-0.25, -0.2) is 0 Å². The Labute approximate surface area is 72.3 Å². The maximum atomic E-state index is 4.28. The molecule has 1 fully saturated rings. The number of hydrogen-bond acceptors (Lipinski definition) is 2. The first kappa shape index (κ1) is 7.84. The van der Waals surface area contributed by atoms with E-state index in [-0.39, 0.29) is 0 Å². The Morgan fingerprint density at radius 1 is 1.25 bits per heavy atom. The molecular weight excluding hydrogens is 270 g/mol. The molecule has 0 radical (unpaired) electrons. The molecule has 0 aromatic heterocycles. The van der Waals surface area contributed by atoms with Crippen molar-refractivity contribution in [2.45, 2.75) is 15.2 Å². The molecule has 0 unspecified atom stereocenters. The van der Waals surface area contributed by atoms with E-state index in [9.17, 15) is 0 Å². The van der Waals surface area contributed by atoms with Crippen LogP contribution in [0.15, 0.2) is 0 Å². The van der Waals surface area contributed by atoms with Gasteiger partial charge in [0.1, 0.15) is 0 Å². The van der Waals surface area contributed by atoms with Crippen LogP contribution in [-0.2, 0) is 0 Å². The van der Waals surface area contributed by atoms with E-state index in [0.717, 1.165) is 32.2 Å². The van der Waals surface area contributed by atoms with Gasteiger partial charge in [0, 0.05) is 0 Å². The third kappa shape index (κ3) is 2.17. The van der Waals surface area contributed by atoms with E-state index in [1.54, 1.807) is 0 Å². The van der Waals surface area contributed by atoms with Crippen molar-refractivity contribution in [2.75, 3.05) is 0 Å². The van der Waals surface area contributed by atoms with E-state index >= 15 is 0 Å². The zero-order chi connectivity index (χ0) is 5.98. The summed E-state index contributed by atoms with van der Waals surface area (Å²) in [7, 11) is 0. The van der Waals surface area contributed by atoms with Crippen molar-refractivity contribution in [3.05, 3.63) is 0 Å². The molecule has 0 bridgehead atoms. The maximum absolute atomic E-state index is 4.28. The van der Waals surface area contributed by atoms with E-state index in [1.165, 1.54) is 10.6 Å². The molecule has 8 heavy (non-hydrogen) atoms. The van der Waals surface area contributed by atoms with Crippen LogP contribution in [0.5, 0.6) is 0 Å². The molecule has 0 spiro atoms. The van der Waals surface area contributed by atoms with Gasteiger partial charge in [0.05, 0.1) is 0 Å². The zero-order valence-electron chi connectivity index (χ0n) is 4.28. The predicted molar refractivity (Wildman–Crippen MR) is 46.4 cm³/mol. The van der Waals surface area contributed by atoms with Gasteiger partial charge < -0.3 is 0 Å². The topological polar surface area (TPSA) is 0 Å². The van der Waals surface area contributed by atoms with Gasteiger partial charge in [-0.2, -0.15) is 0 Å². The second-order valence-corrected chi connectivity index (χ2v) is 10.8. The Hall–Kier alpha value is 1.74. The summed E-state index contributed by atoms with van der Waals surface area (Å²) in [5, 5.41) is 2.87. The molecule has 1 rings (SSSR count). The number of thiol groups is 2. The molecule has 0 saturated carbocycles. The van der Waals surface area contributed by atoms with Gasteiger partial charge in [0.25, 0.3) is 0 Å². The molecular formula is C4H8S2Se2. The predicted octanol–water partition coefficient (Wildman–Crippen LogP) is 0.962. The summed E-state index contributed by atoms with van der Waals surface area (Å²) in [4.78, 5) is 0. The fourth-order valence-electron chi connectivity index (χ4n) is 0.491. The molecule has 0 aromatic carbocycles. The van der Waals surface area contributed by atoms with E-state index in [2.05, 4.69) is 25.3 Å². The van der Waals surface area contributed by atoms with Crippen LogP contribution in [-0.4, -0.2) is 30.8 Å². The molecule has 1 aliphatic rings. The fourth-order valence-corrected chi connectivity index (χ4v) is 11.3. The Morgan fingerprint density at radius 3 is 2.00 bits per heavy atom. The third-order valence-electron chi connectivity index (χ3n) is 1.07. The average Bonchev–Trinajstić information content (AvgIpc) is 2.12. The summed E-state index contributed by atoms with van der Waals surface area (Å²) in [6.07, 6.45) is 0. The second-order valence-electron chi connectivity index (χ2n) is 1.74. The van der Waals surface area contributed by atoms with E-state index < -0.39 is 0 Å². The van der Waals surface area contributed by atoms with Gasteiger partial charge in [0.2, 0.25) is 0 Å². The van der Waals surface area contributed by atoms with Gasteiger partial charge >= 0.3 is 72.7 Å². The minimum atomic E-state index is 0.362. The molecule has 1 heterocycles. The molecule has 1 aliphatic heterocycles. The summed E-state index contributed by atoms with van der Waals surface area (Å²) >= 11 is 10.5. The van der Waals surface area contributed by atoms with Gasteiger partial charge in [-0.05, 0) is 0 Å². The van der Waals surface area contributed by atoms with Gasteiger partial charge in [0.15, 0.2) is 0 Å². The van der Waals surface area contributed by atoms with Gasteiger partial charge in [-0.15, -0.1) is 0 Å². The molecule has 48 valence electrons. The van der Waals surface area contributed by atoms with Crippen molar-refractivity contribution in [3.8, 4) is 0 Å². The molecule has 4 heteroatoms. The van der Waals surface area contributed by atoms with Crippen LogP contribution in [0.25, 0.3) is 0 Å². The van der Waals surface area contributed by atoms with Crippen LogP contribution >= 0.6 is 25.3 Å². The van der Waals surface area contributed by atoms with E-state index in [4.69, 9.17) is 0 Å². The summed E-state index contributed by atoms with van der Waals surface area (Å²) in [5.74, 6) is 0.849. The minimum absolute atomic E-state index is 0.362.